The fourth-order valence-electron chi connectivity index (χ4n) is 2.42. The van der Waals surface area contributed by atoms with Crippen molar-refractivity contribution >= 4 is 35.2 Å². The van der Waals surface area contributed by atoms with Gasteiger partial charge in [0.05, 0.1) is 5.56 Å². The summed E-state index contributed by atoms with van der Waals surface area (Å²) in [6, 6.07) is 17.9. The van der Waals surface area contributed by atoms with Crippen molar-refractivity contribution in [2.24, 2.45) is 0 Å². The molecular formula is C21H13ClN2O4. The number of anilines is 1. The summed E-state index contributed by atoms with van der Waals surface area (Å²) in [5.74, 6) is -0.807. The predicted molar refractivity (Wildman–Crippen MR) is 105 cm³/mol. The Morgan fingerprint density at radius 3 is 2.50 bits per heavy atom. The highest BCUT2D eigenvalue weighted by Gasteiger charge is 2.12. The Morgan fingerprint density at radius 1 is 1.11 bits per heavy atom. The molecule has 0 bridgehead atoms. The average molecular weight is 393 g/mol. The van der Waals surface area contributed by atoms with E-state index < -0.39 is 11.9 Å². The van der Waals surface area contributed by atoms with E-state index >= 15 is 0 Å². The number of benzene rings is 2. The zero-order valence-corrected chi connectivity index (χ0v) is 15.1. The lowest BCUT2D eigenvalue weighted by Gasteiger charge is -2.04. The van der Waals surface area contributed by atoms with Crippen LogP contribution in [0.25, 0.3) is 17.4 Å². The standard InChI is InChI=1S/C21H13ClN2O4/c22-16-2-1-3-17(11-16)24-20(25)15(12-23)10-18-8-9-19(28-18)13-4-6-14(7-5-13)21(26)27/h1-11H,(H,24,25)(H,26,27)/b15-10+. The highest BCUT2D eigenvalue weighted by molar-refractivity contribution is 6.31. The van der Waals surface area contributed by atoms with E-state index in [1.807, 2.05) is 6.07 Å². The maximum atomic E-state index is 12.3. The second-order valence-corrected chi connectivity index (χ2v) is 6.16. The highest BCUT2D eigenvalue weighted by Crippen LogP contribution is 2.24. The molecule has 7 heteroatoms. The van der Waals surface area contributed by atoms with Crippen molar-refractivity contribution < 1.29 is 19.1 Å². The quantitative estimate of drug-likeness (QED) is 0.477. The van der Waals surface area contributed by atoms with Crippen LogP contribution in [-0.2, 0) is 4.79 Å². The molecule has 2 N–H and O–H groups in total. The van der Waals surface area contributed by atoms with E-state index in [1.54, 1.807) is 48.5 Å². The van der Waals surface area contributed by atoms with Gasteiger partial charge in [-0.15, -0.1) is 0 Å². The van der Waals surface area contributed by atoms with Gasteiger partial charge >= 0.3 is 5.97 Å². The van der Waals surface area contributed by atoms with E-state index in [0.29, 0.717) is 27.8 Å². The molecule has 1 amide bonds. The molecule has 1 aromatic heterocycles. The van der Waals surface area contributed by atoms with Crippen LogP contribution >= 0.6 is 11.6 Å². The van der Waals surface area contributed by atoms with Crippen molar-refractivity contribution in [2.45, 2.75) is 0 Å². The van der Waals surface area contributed by atoms with Crippen LogP contribution in [0, 0.1) is 11.3 Å². The first kappa shape index (κ1) is 19.0. The minimum absolute atomic E-state index is 0.137. The van der Waals surface area contributed by atoms with Crippen LogP contribution in [0.15, 0.2) is 70.7 Å². The van der Waals surface area contributed by atoms with Gasteiger partial charge < -0.3 is 14.8 Å². The maximum Gasteiger partial charge on any atom is 0.335 e. The molecule has 0 aliphatic rings. The highest BCUT2D eigenvalue weighted by atomic mass is 35.5. The zero-order valence-electron chi connectivity index (χ0n) is 14.3. The Labute approximate surface area is 165 Å². The molecule has 6 nitrogen and oxygen atoms in total. The molecule has 3 aromatic rings. The Hall–Kier alpha value is -3.82. The Morgan fingerprint density at radius 2 is 1.86 bits per heavy atom. The third-order valence-electron chi connectivity index (χ3n) is 3.78. The van der Waals surface area contributed by atoms with E-state index in [-0.39, 0.29) is 11.1 Å². The van der Waals surface area contributed by atoms with Gasteiger partial charge in [0, 0.05) is 22.3 Å². The normalized spacial score (nSPS) is 10.9. The number of carboxylic acids is 1. The van der Waals surface area contributed by atoms with Crippen LogP contribution in [0.2, 0.25) is 5.02 Å². The number of hydrogen-bond acceptors (Lipinski definition) is 4. The van der Waals surface area contributed by atoms with Crippen LogP contribution in [0.3, 0.4) is 0 Å². The minimum Gasteiger partial charge on any atom is -0.478 e. The van der Waals surface area contributed by atoms with Crippen molar-refractivity contribution in [1.29, 1.82) is 5.26 Å². The largest absolute Gasteiger partial charge is 0.478 e. The van der Waals surface area contributed by atoms with Crippen LogP contribution in [0.5, 0.6) is 0 Å². The number of carbonyl (C=O) groups is 2. The summed E-state index contributed by atoms with van der Waals surface area (Å²) in [6.45, 7) is 0. The lowest BCUT2D eigenvalue weighted by molar-refractivity contribution is -0.112. The number of amides is 1. The monoisotopic (exact) mass is 392 g/mol. The third kappa shape index (κ3) is 4.47. The molecule has 0 fully saturated rings. The molecule has 0 unspecified atom stereocenters. The molecule has 0 aliphatic heterocycles. The van der Waals surface area contributed by atoms with Gasteiger partial charge in [-0.3, -0.25) is 4.79 Å². The predicted octanol–water partition coefficient (Wildman–Crippen LogP) is 4.84. The molecular weight excluding hydrogens is 380 g/mol. The topological polar surface area (TPSA) is 103 Å². The number of halogens is 1. The molecule has 138 valence electrons. The SMILES string of the molecule is N#C/C(=C\c1ccc(-c2ccc(C(=O)O)cc2)o1)C(=O)Nc1cccc(Cl)c1. The van der Waals surface area contributed by atoms with Gasteiger partial charge in [-0.2, -0.15) is 5.26 Å². The fraction of sp³-hybridized carbons (Fsp3) is 0. The van der Waals surface area contributed by atoms with Gasteiger partial charge in [0.2, 0.25) is 0 Å². The molecule has 1 heterocycles. The van der Waals surface area contributed by atoms with E-state index in [9.17, 15) is 14.9 Å². The van der Waals surface area contributed by atoms with E-state index in [2.05, 4.69) is 5.32 Å². The number of furan rings is 1. The Balaban J connectivity index is 1.79. The number of carbonyl (C=O) groups excluding carboxylic acids is 1. The number of carboxylic acid groups (broad SMARTS) is 1. The number of nitriles is 1. The summed E-state index contributed by atoms with van der Waals surface area (Å²) in [5, 5.41) is 21.3. The summed E-state index contributed by atoms with van der Waals surface area (Å²) in [7, 11) is 0. The second kappa shape index (κ2) is 8.25. The summed E-state index contributed by atoms with van der Waals surface area (Å²) < 4.78 is 5.65. The van der Waals surface area contributed by atoms with Gasteiger partial charge in [0.25, 0.3) is 5.91 Å². The Bertz CT molecular complexity index is 1110. The first-order chi connectivity index (χ1) is 13.5. The van der Waals surface area contributed by atoms with Crippen LogP contribution in [-0.4, -0.2) is 17.0 Å². The summed E-state index contributed by atoms with van der Waals surface area (Å²) in [5.41, 5.74) is 1.17. The van der Waals surface area contributed by atoms with Gasteiger partial charge in [-0.1, -0.05) is 29.8 Å². The van der Waals surface area contributed by atoms with Crippen molar-refractivity contribution in [2.75, 3.05) is 5.32 Å². The molecule has 0 atom stereocenters. The van der Waals surface area contributed by atoms with Crippen LogP contribution in [0.4, 0.5) is 5.69 Å². The van der Waals surface area contributed by atoms with E-state index in [1.165, 1.54) is 18.2 Å². The Kier molecular flexibility index (Phi) is 5.58. The minimum atomic E-state index is -1.01. The molecule has 0 spiro atoms. The zero-order chi connectivity index (χ0) is 20.1. The molecule has 2 aromatic carbocycles. The molecule has 0 saturated carbocycles. The number of aromatic carboxylic acids is 1. The number of nitrogens with zero attached hydrogens (tertiary/aromatic N) is 1. The first-order valence-corrected chi connectivity index (χ1v) is 8.46. The van der Waals surface area contributed by atoms with Gasteiger partial charge in [-0.05, 0) is 42.5 Å². The summed E-state index contributed by atoms with van der Waals surface area (Å²) in [6.07, 6.45) is 1.33. The van der Waals surface area contributed by atoms with Crippen molar-refractivity contribution in [3.05, 3.63) is 82.6 Å². The van der Waals surface area contributed by atoms with Crippen LogP contribution in [0.1, 0.15) is 16.1 Å². The molecule has 0 aliphatic carbocycles. The lowest BCUT2D eigenvalue weighted by Crippen LogP contribution is -2.13. The van der Waals surface area contributed by atoms with Gasteiger partial charge in [0.1, 0.15) is 23.2 Å². The molecule has 0 saturated heterocycles. The summed E-state index contributed by atoms with van der Waals surface area (Å²) in [4.78, 5) is 23.2. The summed E-state index contributed by atoms with van der Waals surface area (Å²) >= 11 is 5.88. The van der Waals surface area contributed by atoms with Crippen molar-refractivity contribution in [3.63, 3.8) is 0 Å². The van der Waals surface area contributed by atoms with E-state index in [0.717, 1.165) is 0 Å². The molecule has 3 rings (SSSR count). The smallest absolute Gasteiger partial charge is 0.335 e. The number of nitrogens with one attached hydrogen (secondary N) is 1. The van der Waals surface area contributed by atoms with Crippen molar-refractivity contribution in [3.8, 4) is 17.4 Å². The van der Waals surface area contributed by atoms with Gasteiger partial charge in [0.15, 0.2) is 0 Å². The lowest BCUT2D eigenvalue weighted by atomic mass is 10.1. The third-order valence-corrected chi connectivity index (χ3v) is 4.01. The van der Waals surface area contributed by atoms with E-state index in [4.69, 9.17) is 21.1 Å². The average Bonchev–Trinajstić information content (AvgIpc) is 3.14. The maximum absolute atomic E-state index is 12.3. The van der Waals surface area contributed by atoms with Crippen LogP contribution < -0.4 is 5.32 Å². The number of rotatable bonds is 5. The van der Waals surface area contributed by atoms with Crippen molar-refractivity contribution in [1.82, 2.24) is 0 Å². The number of hydrogen-bond donors (Lipinski definition) is 2. The second-order valence-electron chi connectivity index (χ2n) is 5.72. The fourth-order valence-corrected chi connectivity index (χ4v) is 2.61. The molecule has 0 radical (unpaired) electrons. The van der Waals surface area contributed by atoms with Gasteiger partial charge in [-0.25, -0.2) is 4.79 Å². The molecule has 28 heavy (non-hydrogen) atoms. The first-order valence-electron chi connectivity index (χ1n) is 8.08.